The van der Waals surface area contributed by atoms with Crippen LogP contribution < -0.4 is 10.6 Å². The Labute approximate surface area is 182 Å². The number of nitrogens with zero attached hydrogens (tertiary/aromatic N) is 3. The molecule has 2 N–H and O–H groups in total. The summed E-state index contributed by atoms with van der Waals surface area (Å²) in [6.07, 6.45) is 0.781. The van der Waals surface area contributed by atoms with E-state index in [1.807, 2.05) is 38.2 Å². The highest BCUT2D eigenvalue weighted by Gasteiger charge is 2.09. The molecule has 0 bridgehead atoms. The Morgan fingerprint density at radius 1 is 1.37 bits per heavy atom. The molecule has 6 nitrogen and oxygen atoms in total. The van der Waals surface area contributed by atoms with Gasteiger partial charge >= 0.3 is 0 Å². The maximum atomic E-state index is 11.7. The van der Waals surface area contributed by atoms with Crippen LogP contribution in [0.3, 0.4) is 0 Å². The van der Waals surface area contributed by atoms with E-state index in [1.165, 1.54) is 0 Å². The molecule has 0 aliphatic heterocycles. The molecule has 1 aromatic carbocycles. The molecule has 148 valence electrons. The van der Waals surface area contributed by atoms with Crippen LogP contribution >= 0.6 is 35.3 Å². The highest BCUT2D eigenvalue weighted by molar-refractivity contribution is 14.0. The fourth-order valence-electron chi connectivity index (χ4n) is 2.57. The van der Waals surface area contributed by atoms with Crippen molar-refractivity contribution in [3.05, 3.63) is 51.5 Å². The molecule has 0 saturated heterocycles. The third-order valence-electron chi connectivity index (χ3n) is 3.84. The number of aryl methyl sites for hydroxylation is 1. The van der Waals surface area contributed by atoms with Gasteiger partial charge in [-0.25, -0.2) is 4.98 Å². The highest BCUT2D eigenvalue weighted by atomic mass is 127. The number of aromatic nitrogens is 1. The molecule has 0 spiro atoms. The third-order valence-corrected chi connectivity index (χ3v) is 4.66. The van der Waals surface area contributed by atoms with Crippen molar-refractivity contribution >= 4 is 47.2 Å². The number of carbonyl (C=O) groups excluding carboxylic acids is 1. The lowest BCUT2D eigenvalue weighted by atomic mass is 10.1. The molecule has 0 saturated carbocycles. The first kappa shape index (κ1) is 23.4. The molecule has 1 aromatic heterocycles. The first-order valence-corrected chi connectivity index (χ1v) is 9.63. The summed E-state index contributed by atoms with van der Waals surface area (Å²) in [5.74, 6) is 0.794. The van der Waals surface area contributed by atoms with Crippen LogP contribution in [0.5, 0.6) is 0 Å². The minimum Gasteiger partial charge on any atom is -0.357 e. The van der Waals surface area contributed by atoms with Crippen molar-refractivity contribution < 1.29 is 4.79 Å². The van der Waals surface area contributed by atoms with Gasteiger partial charge in [0.1, 0.15) is 0 Å². The summed E-state index contributed by atoms with van der Waals surface area (Å²) < 4.78 is 0. The normalized spacial score (nSPS) is 10.9. The van der Waals surface area contributed by atoms with Crippen molar-refractivity contribution in [3.63, 3.8) is 0 Å². The molecule has 1 heterocycles. The van der Waals surface area contributed by atoms with Crippen molar-refractivity contribution in [1.82, 2.24) is 20.5 Å². The van der Waals surface area contributed by atoms with E-state index < -0.39 is 0 Å². The van der Waals surface area contributed by atoms with Gasteiger partial charge in [0, 0.05) is 38.1 Å². The summed E-state index contributed by atoms with van der Waals surface area (Å²) in [4.78, 5) is 23.0. The third kappa shape index (κ3) is 7.45. The van der Waals surface area contributed by atoms with Gasteiger partial charge < -0.3 is 15.5 Å². The minimum absolute atomic E-state index is 0. The first-order valence-electron chi connectivity index (χ1n) is 8.75. The summed E-state index contributed by atoms with van der Waals surface area (Å²) in [5.41, 5.74) is 2.83. The second-order valence-electron chi connectivity index (χ2n) is 5.98. The van der Waals surface area contributed by atoms with Gasteiger partial charge in [0.2, 0.25) is 0 Å². The van der Waals surface area contributed by atoms with Gasteiger partial charge in [-0.3, -0.25) is 9.79 Å². The fraction of sp³-hybridized carbons (Fsp3) is 0.421. The zero-order valence-electron chi connectivity index (χ0n) is 16.3. The molecular formula is C19H28IN5OS. The lowest BCUT2D eigenvalue weighted by molar-refractivity contribution is 0.0963. The van der Waals surface area contributed by atoms with E-state index in [4.69, 9.17) is 4.99 Å². The highest BCUT2D eigenvalue weighted by Crippen LogP contribution is 2.10. The van der Waals surface area contributed by atoms with E-state index in [-0.39, 0.29) is 29.9 Å². The van der Waals surface area contributed by atoms with Gasteiger partial charge in [0.25, 0.3) is 5.91 Å². The van der Waals surface area contributed by atoms with Gasteiger partial charge in [0.15, 0.2) is 5.96 Å². The number of nitrogens with one attached hydrogen (secondary N) is 2. The number of hydrogen-bond acceptors (Lipinski definition) is 4. The number of carbonyl (C=O) groups is 1. The molecule has 0 aliphatic carbocycles. The van der Waals surface area contributed by atoms with Crippen LogP contribution in [0, 0.1) is 6.92 Å². The quantitative estimate of drug-likeness (QED) is 0.348. The van der Waals surface area contributed by atoms with Crippen LogP contribution in [0.4, 0.5) is 0 Å². The van der Waals surface area contributed by atoms with Gasteiger partial charge in [-0.1, -0.05) is 12.1 Å². The van der Waals surface area contributed by atoms with Gasteiger partial charge in [-0.2, -0.15) is 0 Å². The summed E-state index contributed by atoms with van der Waals surface area (Å²) in [6.45, 7) is 6.26. The molecule has 0 unspecified atom stereocenters. The lowest BCUT2D eigenvalue weighted by Gasteiger charge is -2.21. The Bertz CT molecular complexity index is 762. The van der Waals surface area contributed by atoms with Crippen LogP contribution in [0.1, 0.15) is 33.5 Å². The average Bonchev–Trinajstić information content (AvgIpc) is 3.05. The maximum absolute atomic E-state index is 11.7. The van der Waals surface area contributed by atoms with E-state index in [1.54, 1.807) is 18.4 Å². The largest absolute Gasteiger partial charge is 0.357 e. The number of thiazole rings is 1. The number of hydrogen-bond donors (Lipinski definition) is 2. The summed E-state index contributed by atoms with van der Waals surface area (Å²) in [5, 5.41) is 9.13. The van der Waals surface area contributed by atoms with E-state index >= 15 is 0 Å². The van der Waals surface area contributed by atoms with Crippen LogP contribution in [0.2, 0.25) is 0 Å². The Morgan fingerprint density at radius 2 is 2.15 bits per heavy atom. The summed E-state index contributed by atoms with van der Waals surface area (Å²) in [6, 6.07) is 7.67. The second-order valence-corrected chi connectivity index (χ2v) is 7.04. The number of benzene rings is 1. The fourth-order valence-corrected chi connectivity index (χ4v) is 3.18. The van der Waals surface area contributed by atoms with E-state index in [2.05, 4.69) is 32.8 Å². The minimum atomic E-state index is -0.0676. The molecule has 0 aliphatic rings. The zero-order valence-corrected chi connectivity index (χ0v) is 19.4. The molecule has 2 rings (SSSR count). The second kappa shape index (κ2) is 11.9. The number of rotatable bonds is 7. The molecular weight excluding hydrogens is 473 g/mol. The van der Waals surface area contributed by atoms with E-state index in [0.717, 1.165) is 41.7 Å². The molecule has 0 atom stereocenters. The predicted octanol–water partition coefficient (Wildman–Crippen LogP) is 3.07. The Hall–Kier alpha value is -1.68. The van der Waals surface area contributed by atoms with Crippen molar-refractivity contribution in [2.75, 3.05) is 27.2 Å². The molecule has 0 radical (unpaired) electrons. The molecule has 27 heavy (non-hydrogen) atoms. The SMILES string of the molecule is CCNC(=NCCc1cccc(C(=O)NC)c1)N(C)Cc1csc(C)n1.I. The number of guanidine groups is 1. The standard InChI is InChI=1S/C19H27N5OS.HI/c1-5-21-19(24(4)12-17-13-26-14(2)23-17)22-10-9-15-7-6-8-16(11-15)18(25)20-3;/h6-8,11,13H,5,9-10,12H2,1-4H3,(H,20,25)(H,21,22);1H. The Kier molecular flexibility index (Phi) is 10.3. The van der Waals surface area contributed by atoms with Crippen molar-refractivity contribution in [3.8, 4) is 0 Å². The summed E-state index contributed by atoms with van der Waals surface area (Å²) in [7, 11) is 3.66. The van der Waals surface area contributed by atoms with Crippen molar-refractivity contribution in [1.29, 1.82) is 0 Å². The first-order chi connectivity index (χ1) is 12.5. The summed E-state index contributed by atoms with van der Waals surface area (Å²) >= 11 is 1.66. The lowest BCUT2D eigenvalue weighted by Crippen LogP contribution is -2.38. The van der Waals surface area contributed by atoms with Crippen LogP contribution in [-0.2, 0) is 13.0 Å². The van der Waals surface area contributed by atoms with Gasteiger partial charge in [-0.15, -0.1) is 35.3 Å². The van der Waals surface area contributed by atoms with Crippen LogP contribution in [-0.4, -0.2) is 48.9 Å². The molecule has 1 amide bonds. The van der Waals surface area contributed by atoms with Crippen LogP contribution in [0.15, 0.2) is 34.6 Å². The van der Waals surface area contributed by atoms with Crippen molar-refractivity contribution in [2.45, 2.75) is 26.8 Å². The number of amides is 1. The monoisotopic (exact) mass is 501 g/mol. The van der Waals surface area contributed by atoms with Crippen molar-refractivity contribution in [2.24, 2.45) is 4.99 Å². The average molecular weight is 501 g/mol. The molecule has 8 heteroatoms. The van der Waals surface area contributed by atoms with Gasteiger partial charge in [0.05, 0.1) is 17.2 Å². The van der Waals surface area contributed by atoms with E-state index in [0.29, 0.717) is 12.1 Å². The molecule has 2 aromatic rings. The Morgan fingerprint density at radius 3 is 2.78 bits per heavy atom. The maximum Gasteiger partial charge on any atom is 0.251 e. The van der Waals surface area contributed by atoms with Gasteiger partial charge in [-0.05, 0) is 38.0 Å². The number of aliphatic imine (C=N–C) groups is 1. The van der Waals surface area contributed by atoms with Crippen LogP contribution in [0.25, 0.3) is 0 Å². The number of halogens is 1. The topological polar surface area (TPSA) is 69.6 Å². The predicted molar refractivity (Wildman–Crippen MR) is 123 cm³/mol. The zero-order chi connectivity index (χ0) is 18.9. The van der Waals surface area contributed by atoms with E-state index in [9.17, 15) is 4.79 Å². The Balaban J connectivity index is 0.00000364. The molecule has 0 fully saturated rings. The smallest absolute Gasteiger partial charge is 0.251 e.